The zero-order valence-corrected chi connectivity index (χ0v) is 9.25. The average molecular weight is 211 g/mol. The van der Waals surface area contributed by atoms with Gasteiger partial charge >= 0.3 is 0 Å². The topological polar surface area (TPSA) is 38.4 Å². The molecule has 0 unspecified atom stereocenters. The average Bonchev–Trinajstić information content (AvgIpc) is 2.14. The highest BCUT2D eigenvalue weighted by Crippen LogP contribution is 2.11. The van der Waals surface area contributed by atoms with Crippen LogP contribution >= 0.6 is 11.6 Å². The number of rotatable bonds is 3. The number of halogens is 1. The van der Waals surface area contributed by atoms with Gasteiger partial charge in [-0.2, -0.15) is 0 Å². The summed E-state index contributed by atoms with van der Waals surface area (Å²) in [7, 11) is 0. The molecule has 3 heteroatoms. The minimum Gasteiger partial charge on any atom is -0.387 e. The molecule has 2 N–H and O–H groups in total. The number of aliphatic imine (C=N–C) groups is 1. The van der Waals surface area contributed by atoms with Crippen LogP contribution in [0.15, 0.2) is 29.3 Å². The van der Waals surface area contributed by atoms with Crippen molar-refractivity contribution in [1.29, 1.82) is 0 Å². The Morgan fingerprint density at radius 3 is 2.79 bits per heavy atom. The van der Waals surface area contributed by atoms with Crippen LogP contribution in [0.5, 0.6) is 0 Å². The predicted octanol–water partition coefficient (Wildman–Crippen LogP) is 2.85. The van der Waals surface area contributed by atoms with E-state index in [-0.39, 0.29) is 0 Å². The van der Waals surface area contributed by atoms with Crippen molar-refractivity contribution < 1.29 is 0 Å². The fourth-order valence-electron chi connectivity index (χ4n) is 1.00. The maximum absolute atomic E-state index is 5.84. The Morgan fingerprint density at radius 1 is 1.50 bits per heavy atom. The Bertz CT molecular complexity index is 332. The summed E-state index contributed by atoms with van der Waals surface area (Å²) in [5.74, 6) is 0.985. The summed E-state index contributed by atoms with van der Waals surface area (Å²) in [6.07, 6.45) is 0. The highest BCUT2D eigenvalue weighted by molar-refractivity contribution is 6.30. The van der Waals surface area contributed by atoms with Gasteiger partial charge in [0.25, 0.3) is 0 Å². The van der Waals surface area contributed by atoms with Gasteiger partial charge in [0.2, 0.25) is 0 Å². The van der Waals surface area contributed by atoms with Crippen LogP contribution < -0.4 is 5.73 Å². The van der Waals surface area contributed by atoms with E-state index in [0.717, 1.165) is 10.6 Å². The van der Waals surface area contributed by atoms with Gasteiger partial charge in [0.15, 0.2) is 0 Å². The quantitative estimate of drug-likeness (QED) is 0.605. The maximum atomic E-state index is 5.84. The zero-order valence-electron chi connectivity index (χ0n) is 8.50. The Labute approximate surface area is 89.8 Å². The smallest absolute Gasteiger partial charge is 0.0966 e. The van der Waals surface area contributed by atoms with E-state index in [2.05, 4.69) is 4.99 Å². The number of hydrogen-bond acceptors (Lipinski definition) is 1. The lowest BCUT2D eigenvalue weighted by Crippen LogP contribution is -2.18. The molecule has 0 spiro atoms. The van der Waals surface area contributed by atoms with E-state index in [4.69, 9.17) is 17.3 Å². The van der Waals surface area contributed by atoms with Gasteiger partial charge in [0, 0.05) is 10.9 Å². The summed E-state index contributed by atoms with van der Waals surface area (Å²) in [6.45, 7) is 4.65. The maximum Gasteiger partial charge on any atom is 0.0966 e. The van der Waals surface area contributed by atoms with E-state index in [0.29, 0.717) is 18.3 Å². The molecule has 0 amide bonds. The van der Waals surface area contributed by atoms with Gasteiger partial charge in [-0.05, 0) is 17.7 Å². The Balaban J connectivity index is 2.66. The molecule has 14 heavy (non-hydrogen) atoms. The molecule has 1 aromatic carbocycles. The Hall–Kier alpha value is -1.02. The van der Waals surface area contributed by atoms with Gasteiger partial charge in [-0.3, -0.25) is 4.99 Å². The molecule has 0 saturated carbocycles. The van der Waals surface area contributed by atoms with E-state index >= 15 is 0 Å². The summed E-state index contributed by atoms with van der Waals surface area (Å²) in [4.78, 5) is 4.27. The molecule has 0 bridgehead atoms. The van der Waals surface area contributed by atoms with E-state index in [1.54, 1.807) is 0 Å². The lowest BCUT2D eigenvalue weighted by atomic mass is 10.2. The van der Waals surface area contributed by atoms with Gasteiger partial charge in [0.1, 0.15) is 0 Å². The summed E-state index contributed by atoms with van der Waals surface area (Å²) >= 11 is 5.84. The normalized spacial score (nSPS) is 12.1. The highest BCUT2D eigenvalue weighted by atomic mass is 35.5. The summed E-state index contributed by atoms with van der Waals surface area (Å²) in [5, 5.41) is 0.737. The van der Waals surface area contributed by atoms with Crippen molar-refractivity contribution in [3.8, 4) is 0 Å². The number of nitrogens with two attached hydrogens (primary N) is 1. The Morgan fingerprint density at radius 2 is 2.21 bits per heavy atom. The molecule has 1 aromatic rings. The molecule has 0 aliphatic rings. The molecular weight excluding hydrogens is 196 g/mol. The van der Waals surface area contributed by atoms with Crippen LogP contribution in [0.1, 0.15) is 19.4 Å². The van der Waals surface area contributed by atoms with Crippen LogP contribution in [0.2, 0.25) is 5.02 Å². The summed E-state index contributed by atoms with van der Waals surface area (Å²) in [6, 6.07) is 7.65. The van der Waals surface area contributed by atoms with E-state index in [1.807, 2.05) is 38.1 Å². The van der Waals surface area contributed by atoms with Crippen LogP contribution in [0.3, 0.4) is 0 Å². The molecule has 0 radical (unpaired) electrons. The third kappa shape index (κ3) is 3.38. The first-order valence-corrected chi connectivity index (χ1v) is 5.01. The van der Waals surface area contributed by atoms with Crippen molar-refractivity contribution >= 4 is 17.4 Å². The van der Waals surface area contributed by atoms with E-state index in [1.165, 1.54) is 0 Å². The van der Waals surface area contributed by atoms with Crippen LogP contribution in [0.25, 0.3) is 0 Å². The minimum atomic E-state index is 0.300. The number of amidine groups is 1. The molecule has 0 aliphatic heterocycles. The largest absolute Gasteiger partial charge is 0.387 e. The van der Waals surface area contributed by atoms with Crippen molar-refractivity contribution in [2.45, 2.75) is 20.4 Å². The molecule has 0 atom stereocenters. The molecule has 0 aliphatic carbocycles. The van der Waals surface area contributed by atoms with Crippen molar-refractivity contribution in [1.82, 2.24) is 0 Å². The van der Waals surface area contributed by atoms with Crippen molar-refractivity contribution in [3.05, 3.63) is 34.9 Å². The van der Waals surface area contributed by atoms with Gasteiger partial charge in [-0.1, -0.05) is 37.6 Å². The second-order valence-electron chi connectivity index (χ2n) is 3.53. The second-order valence-corrected chi connectivity index (χ2v) is 3.96. The monoisotopic (exact) mass is 210 g/mol. The first-order chi connectivity index (χ1) is 6.59. The molecule has 0 saturated heterocycles. The summed E-state index contributed by atoms with van der Waals surface area (Å²) < 4.78 is 0. The second kappa shape index (κ2) is 5.01. The number of benzene rings is 1. The molecule has 76 valence electrons. The SMILES string of the molecule is CC(C)C(N)=NCc1cccc(Cl)c1. The fraction of sp³-hybridized carbons (Fsp3) is 0.364. The first-order valence-electron chi connectivity index (χ1n) is 4.64. The molecule has 1 rings (SSSR count). The van der Waals surface area contributed by atoms with Crippen LogP contribution in [-0.4, -0.2) is 5.84 Å². The van der Waals surface area contributed by atoms with Crippen LogP contribution in [-0.2, 0) is 6.54 Å². The molecule has 2 nitrogen and oxygen atoms in total. The van der Waals surface area contributed by atoms with Crippen molar-refractivity contribution in [2.75, 3.05) is 0 Å². The minimum absolute atomic E-state index is 0.300. The van der Waals surface area contributed by atoms with Gasteiger partial charge in [-0.25, -0.2) is 0 Å². The first kappa shape index (κ1) is 11.1. The summed E-state index contributed by atoms with van der Waals surface area (Å²) in [5.41, 5.74) is 6.80. The lowest BCUT2D eigenvalue weighted by Gasteiger charge is -2.04. The zero-order chi connectivity index (χ0) is 10.6. The predicted molar refractivity (Wildman–Crippen MR) is 61.6 cm³/mol. The molecule has 0 aromatic heterocycles. The number of hydrogen-bond donors (Lipinski definition) is 1. The highest BCUT2D eigenvalue weighted by Gasteiger charge is 1.98. The van der Waals surface area contributed by atoms with Crippen LogP contribution in [0.4, 0.5) is 0 Å². The fourth-order valence-corrected chi connectivity index (χ4v) is 1.21. The van der Waals surface area contributed by atoms with Crippen LogP contribution in [0, 0.1) is 5.92 Å². The molecule has 0 fully saturated rings. The van der Waals surface area contributed by atoms with Crippen molar-refractivity contribution in [2.24, 2.45) is 16.6 Å². The lowest BCUT2D eigenvalue weighted by molar-refractivity contribution is 0.855. The van der Waals surface area contributed by atoms with Gasteiger partial charge < -0.3 is 5.73 Å². The third-order valence-corrected chi connectivity index (χ3v) is 2.16. The van der Waals surface area contributed by atoms with Gasteiger partial charge in [-0.15, -0.1) is 0 Å². The number of nitrogens with zero attached hydrogens (tertiary/aromatic N) is 1. The molecular formula is C11H15ClN2. The molecule has 0 heterocycles. The van der Waals surface area contributed by atoms with Gasteiger partial charge in [0.05, 0.1) is 12.4 Å². The standard InChI is InChI=1S/C11H15ClN2/c1-8(2)11(13)14-7-9-4-3-5-10(12)6-9/h3-6,8H,7H2,1-2H3,(H2,13,14). The Kier molecular flexibility index (Phi) is 3.96. The third-order valence-electron chi connectivity index (χ3n) is 1.92. The van der Waals surface area contributed by atoms with Crippen molar-refractivity contribution in [3.63, 3.8) is 0 Å². The van der Waals surface area contributed by atoms with E-state index < -0.39 is 0 Å². The van der Waals surface area contributed by atoms with E-state index in [9.17, 15) is 0 Å².